The number of hydrogen-bond donors (Lipinski definition) is 2. The van der Waals surface area contributed by atoms with Crippen molar-refractivity contribution in [1.29, 1.82) is 0 Å². The smallest absolute Gasteiger partial charge is 0.0220 e. The standard InChI is InChI=1S/C13H20N2/c1-2-11(1)13(12-3-4-12)9-15-8-10-5-6-14-7-10/h5-7,11-15H,1-4,8-9H2. The van der Waals surface area contributed by atoms with E-state index in [-0.39, 0.29) is 0 Å². The number of hydrogen-bond acceptors (Lipinski definition) is 1. The second-order valence-corrected chi connectivity index (χ2v) is 5.19. The first-order valence-corrected chi connectivity index (χ1v) is 6.26. The van der Waals surface area contributed by atoms with Crippen molar-refractivity contribution in [1.82, 2.24) is 10.3 Å². The Balaban J connectivity index is 1.44. The fourth-order valence-electron chi connectivity index (χ4n) is 2.62. The summed E-state index contributed by atoms with van der Waals surface area (Å²) in [4.78, 5) is 3.10. The molecule has 2 N–H and O–H groups in total. The number of nitrogens with one attached hydrogen (secondary N) is 2. The fraction of sp³-hybridized carbons (Fsp3) is 0.692. The maximum atomic E-state index is 3.61. The summed E-state index contributed by atoms with van der Waals surface area (Å²) in [5.41, 5.74) is 1.38. The molecule has 0 bridgehead atoms. The molecule has 2 nitrogen and oxygen atoms in total. The first-order chi connectivity index (χ1) is 7.43. The SMILES string of the molecule is c1cc(CNCC(C2CC2)C2CC2)c[nH]1. The van der Waals surface area contributed by atoms with Crippen LogP contribution >= 0.6 is 0 Å². The summed E-state index contributed by atoms with van der Waals surface area (Å²) in [5.74, 6) is 3.12. The van der Waals surface area contributed by atoms with E-state index in [0.29, 0.717) is 0 Å². The van der Waals surface area contributed by atoms with E-state index in [0.717, 1.165) is 24.3 Å². The van der Waals surface area contributed by atoms with Crippen LogP contribution in [0.4, 0.5) is 0 Å². The zero-order valence-electron chi connectivity index (χ0n) is 9.21. The van der Waals surface area contributed by atoms with Gasteiger partial charge in [0, 0.05) is 18.9 Å². The molecule has 2 fully saturated rings. The van der Waals surface area contributed by atoms with Gasteiger partial charge in [0.05, 0.1) is 0 Å². The summed E-state index contributed by atoms with van der Waals surface area (Å²) in [6.07, 6.45) is 10.0. The Labute approximate surface area is 91.5 Å². The van der Waals surface area contributed by atoms with Gasteiger partial charge in [0.1, 0.15) is 0 Å². The molecule has 2 aliphatic rings. The van der Waals surface area contributed by atoms with Crippen LogP contribution in [0.15, 0.2) is 18.5 Å². The minimum Gasteiger partial charge on any atom is -0.367 e. The minimum absolute atomic E-state index is 0.990. The lowest BCUT2D eigenvalue weighted by Crippen LogP contribution is -2.25. The minimum atomic E-state index is 0.990. The first-order valence-electron chi connectivity index (χ1n) is 6.26. The van der Waals surface area contributed by atoms with E-state index in [1.165, 1.54) is 37.8 Å². The molecule has 2 heteroatoms. The average molecular weight is 204 g/mol. The van der Waals surface area contributed by atoms with E-state index in [1.807, 2.05) is 6.20 Å². The van der Waals surface area contributed by atoms with Crippen LogP contribution < -0.4 is 5.32 Å². The molecule has 0 radical (unpaired) electrons. The summed E-state index contributed by atoms with van der Waals surface area (Å²) < 4.78 is 0. The van der Waals surface area contributed by atoms with Gasteiger partial charge >= 0.3 is 0 Å². The Kier molecular flexibility index (Phi) is 2.53. The second kappa shape index (κ2) is 4.01. The number of aromatic amines is 1. The summed E-state index contributed by atoms with van der Waals surface area (Å²) >= 11 is 0. The Bertz CT molecular complexity index is 284. The maximum Gasteiger partial charge on any atom is 0.0220 e. The highest BCUT2D eigenvalue weighted by Crippen LogP contribution is 2.48. The predicted octanol–water partition coefficient (Wildman–Crippen LogP) is 2.54. The van der Waals surface area contributed by atoms with Crippen molar-refractivity contribution in [2.24, 2.45) is 17.8 Å². The van der Waals surface area contributed by atoms with Gasteiger partial charge in [0.2, 0.25) is 0 Å². The Morgan fingerprint density at radius 1 is 1.27 bits per heavy atom. The zero-order valence-corrected chi connectivity index (χ0v) is 9.21. The molecule has 0 amide bonds. The maximum absolute atomic E-state index is 3.61. The van der Waals surface area contributed by atoms with Crippen molar-refractivity contribution in [2.75, 3.05) is 6.54 Å². The van der Waals surface area contributed by atoms with Gasteiger partial charge in [-0.2, -0.15) is 0 Å². The van der Waals surface area contributed by atoms with Gasteiger partial charge < -0.3 is 10.3 Å². The molecule has 1 aromatic rings. The van der Waals surface area contributed by atoms with Gasteiger partial charge in [-0.3, -0.25) is 0 Å². The molecule has 0 unspecified atom stereocenters. The Hall–Kier alpha value is -0.760. The lowest BCUT2D eigenvalue weighted by Gasteiger charge is -2.15. The van der Waals surface area contributed by atoms with Crippen LogP contribution in [0, 0.1) is 17.8 Å². The molecule has 1 heterocycles. The van der Waals surface area contributed by atoms with Gasteiger partial charge in [0.25, 0.3) is 0 Å². The number of H-pyrrole nitrogens is 1. The van der Waals surface area contributed by atoms with E-state index in [2.05, 4.69) is 22.6 Å². The second-order valence-electron chi connectivity index (χ2n) is 5.19. The zero-order chi connectivity index (χ0) is 10.1. The molecule has 3 rings (SSSR count). The Morgan fingerprint density at radius 3 is 2.53 bits per heavy atom. The molecule has 15 heavy (non-hydrogen) atoms. The normalized spacial score (nSPS) is 21.1. The van der Waals surface area contributed by atoms with E-state index in [9.17, 15) is 0 Å². The summed E-state index contributed by atoms with van der Waals surface area (Å²) in [6, 6.07) is 2.15. The molecule has 82 valence electrons. The summed E-state index contributed by atoms with van der Waals surface area (Å²) in [6.45, 7) is 2.26. The molecule has 2 saturated carbocycles. The van der Waals surface area contributed by atoms with Gasteiger partial charge in [-0.05, 0) is 61.6 Å². The van der Waals surface area contributed by atoms with Crippen LogP contribution in [0.1, 0.15) is 31.2 Å². The molecule has 0 aromatic carbocycles. The molecule has 0 atom stereocenters. The van der Waals surface area contributed by atoms with Crippen LogP contribution in [-0.4, -0.2) is 11.5 Å². The molecular weight excluding hydrogens is 184 g/mol. The van der Waals surface area contributed by atoms with Crippen LogP contribution in [0.2, 0.25) is 0 Å². The summed E-state index contributed by atoms with van der Waals surface area (Å²) in [7, 11) is 0. The van der Waals surface area contributed by atoms with Crippen molar-refractivity contribution in [2.45, 2.75) is 32.2 Å². The van der Waals surface area contributed by atoms with Gasteiger partial charge in [0.15, 0.2) is 0 Å². The van der Waals surface area contributed by atoms with Crippen molar-refractivity contribution in [3.63, 3.8) is 0 Å². The molecule has 2 aliphatic carbocycles. The molecule has 0 aliphatic heterocycles. The van der Waals surface area contributed by atoms with E-state index < -0.39 is 0 Å². The molecule has 0 spiro atoms. The molecule has 1 aromatic heterocycles. The van der Waals surface area contributed by atoms with Gasteiger partial charge in [-0.15, -0.1) is 0 Å². The third kappa shape index (κ3) is 2.43. The Morgan fingerprint density at radius 2 is 2.00 bits per heavy atom. The number of rotatable bonds is 6. The van der Waals surface area contributed by atoms with Crippen molar-refractivity contribution in [3.05, 3.63) is 24.0 Å². The highest BCUT2D eigenvalue weighted by atomic mass is 14.9. The average Bonchev–Trinajstić information content (AvgIpc) is 3.15. The van der Waals surface area contributed by atoms with Crippen molar-refractivity contribution < 1.29 is 0 Å². The van der Waals surface area contributed by atoms with Crippen molar-refractivity contribution in [3.8, 4) is 0 Å². The highest BCUT2D eigenvalue weighted by molar-refractivity contribution is 5.07. The van der Waals surface area contributed by atoms with E-state index in [1.54, 1.807) is 0 Å². The topological polar surface area (TPSA) is 27.8 Å². The molecule has 0 saturated heterocycles. The van der Waals surface area contributed by atoms with Gasteiger partial charge in [-0.25, -0.2) is 0 Å². The lowest BCUT2D eigenvalue weighted by atomic mass is 9.98. The quantitative estimate of drug-likeness (QED) is 0.732. The van der Waals surface area contributed by atoms with E-state index >= 15 is 0 Å². The predicted molar refractivity (Wildman–Crippen MR) is 61.4 cm³/mol. The number of aromatic nitrogens is 1. The fourth-order valence-corrected chi connectivity index (χ4v) is 2.62. The van der Waals surface area contributed by atoms with Crippen molar-refractivity contribution >= 4 is 0 Å². The van der Waals surface area contributed by atoms with E-state index in [4.69, 9.17) is 0 Å². The lowest BCUT2D eigenvalue weighted by molar-refractivity contribution is 0.378. The first kappa shape index (κ1) is 9.46. The molecular formula is C13H20N2. The summed E-state index contributed by atoms with van der Waals surface area (Å²) in [5, 5.41) is 3.61. The largest absolute Gasteiger partial charge is 0.367 e. The van der Waals surface area contributed by atoms with Crippen LogP contribution in [0.3, 0.4) is 0 Å². The van der Waals surface area contributed by atoms with Crippen LogP contribution in [0.5, 0.6) is 0 Å². The van der Waals surface area contributed by atoms with Crippen LogP contribution in [-0.2, 0) is 6.54 Å². The highest BCUT2D eigenvalue weighted by Gasteiger charge is 2.40. The van der Waals surface area contributed by atoms with Crippen LogP contribution in [0.25, 0.3) is 0 Å². The third-order valence-corrected chi connectivity index (χ3v) is 3.83. The third-order valence-electron chi connectivity index (χ3n) is 3.83. The van der Waals surface area contributed by atoms with Gasteiger partial charge in [-0.1, -0.05) is 0 Å². The monoisotopic (exact) mass is 204 g/mol.